The number of rotatable bonds is 6. The number of hydrogen-bond acceptors (Lipinski definition) is 4. The monoisotopic (exact) mass is 252 g/mol. The van der Waals surface area contributed by atoms with Gasteiger partial charge in [0.15, 0.2) is 0 Å². The van der Waals surface area contributed by atoms with Crippen LogP contribution in [0.3, 0.4) is 0 Å². The Balaban J connectivity index is 2.70. The molecule has 2 N–H and O–H groups in total. The second-order valence-corrected chi connectivity index (χ2v) is 4.94. The minimum Gasteiger partial charge on any atom is -0.391 e. The summed E-state index contributed by atoms with van der Waals surface area (Å²) in [6.07, 6.45) is 0.179. The number of aryl methyl sites for hydroxylation is 1. The van der Waals surface area contributed by atoms with Gasteiger partial charge in [0, 0.05) is 12.6 Å². The summed E-state index contributed by atoms with van der Waals surface area (Å²) < 4.78 is 0. The molecule has 18 heavy (non-hydrogen) atoms. The van der Waals surface area contributed by atoms with Crippen molar-refractivity contribution >= 4 is 11.4 Å². The van der Waals surface area contributed by atoms with E-state index in [4.69, 9.17) is 0 Å². The average molecular weight is 252 g/mol. The quantitative estimate of drug-likeness (QED) is 0.603. The molecule has 1 aromatic carbocycles. The third-order valence-corrected chi connectivity index (χ3v) is 2.62. The van der Waals surface area contributed by atoms with Crippen molar-refractivity contribution in [2.75, 3.05) is 11.9 Å². The van der Waals surface area contributed by atoms with Gasteiger partial charge in [0.05, 0.1) is 11.0 Å². The number of hydrogen-bond donors (Lipinski definition) is 2. The Bertz CT molecular complexity index is 419. The van der Waals surface area contributed by atoms with E-state index >= 15 is 0 Å². The molecule has 0 aliphatic heterocycles. The Morgan fingerprint density at radius 1 is 1.44 bits per heavy atom. The van der Waals surface area contributed by atoms with Crippen LogP contribution in [0, 0.1) is 23.0 Å². The molecule has 1 unspecified atom stereocenters. The van der Waals surface area contributed by atoms with Gasteiger partial charge in [0.1, 0.15) is 5.69 Å². The summed E-state index contributed by atoms with van der Waals surface area (Å²) in [5.74, 6) is 0.398. The molecule has 0 bridgehead atoms. The average Bonchev–Trinajstić information content (AvgIpc) is 2.26. The molecule has 0 heterocycles. The maximum Gasteiger partial charge on any atom is 0.292 e. The van der Waals surface area contributed by atoms with Crippen molar-refractivity contribution in [1.82, 2.24) is 0 Å². The van der Waals surface area contributed by atoms with E-state index in [1.807, 2.05) is 26.8 Å². The Morgan fingerprint density at radius 3 is 2.67 bits per heavy atom. The number of nitro benzene ring substituents is 1. The van der Waals surface area contributed by atoms with E-state index in [0.717, 1.165) is 5.56 Å². The molecule has 1 atom stereocenters. The molecule has 100 valence electrons. The number of benzene rings is 1. The fourth-order valence-corrected chi connectivity index (χ4v) is 1.80. The normalized spacial score (nSPS) is 12.5. The fraction of sp³-hybridized carbons (Fsp3) is 0.538. The summed E-state index contributed by atoms with van der Waals surface area (Å²) in [5, 5.41) is 23.6. The third-order valence-electron chi connectivity index (χ3n) is 2.62. The second-order valence-electron chi connectivity index (χ2n) is 4.94. The largest absolute Gasteiger partial charge is 0.391 e. The van der Waals surface area contributed by atoms with Crippen LogP contribution in [0.2, 0.25) is 0 Å². The summed E-state index contributed by atoms with van der Waals surface area (Å²) in [6, 6.07) is 5.01. The SMILES string of the molecule is Cc1ccc(NCC(O)CC(C)C)c([N+](=O)[O-])c1. The minimum absolute atomic E-state index is 0.0479. The first-order chi connectivity index (χ1) is 8.40. The van der Waals surface area contributed by atoms with Crippen molar-refractivity contribution in [2.24, 2.45) is 5.92 Å². The Morgan fingerprint density at radius 2 is 2.11 bits per heavy atom. The van der Waals surface area contributed by atoms with Crippen molar-refractivity contribution in [1.29, 1.82) is 0 Å². The van der Waals surface area contributed by atoms with Gasteiger partial charge in [-0.05, 0) is 30.9 Å². The highest BCUT2D eigenvalue weighted by Gasteiger charge is 2.14. The van der Waals surface area contributed by atoms with Gasteiger partial charge in [0.2, 0.25) is 0 Å². The van der Waals surface area contributed by atoms with Gasteiger partial charge >= 0.3 is 0 Å². The minimum atomic E-state index is -0.495. The summed E-state index contributed by atoms with van der Waals surface area (Å²) in [7, 11) is 0. The Hall–Kier alpha value is -1.62. The van der Waals surface area contributed by atoms with E-state index in [0.29, 0.717) is 24.6 Å². The van der Waals surface area contributed by atoms with Gasteiger partial charge in [-0.1, -0.05) is 19.9 Å². The van der Waals surface area contributed by atoms with E-state index in [1.165, 1.54) is 6.07 Å². The highest BCUT2D eigenvalue weighted by Crippen LogP contribution is 2.25. The number of anilines is 1. The molecule has 0 aliphatic carbocycles. The molecule has 1 rings (SSSR count). The summed E-state index contributed by atoms with van der Waals surface area (Å²) >= 11 is 0. The molecule has 1 aromatic rings. The van der Waals surface area contributed by atoms with E-state index < -0.39 is 11.0 Å². The van der Waals surface area contributed by atoms with Crippen molar-refractivity contribution in [2.45, 2.75) is 33.3 Å². The maximum atomic E-state index is 10.9. The van der Waals surface area contributed by atoms with Crippen LogP contribution in [0.25, 0.3) is 0 Å². The lowest BCUT2D eigenvalue weighted by Gasteiger charge is -2.14. The van der Waals surface area contributed by atoms with Crippen LogP contribution in [-0.4, -0.2) is 22.7 Å². The summed E-state index contributed by atoms with van der Waals surface area (Å²) in [4.78, 5) is 10.5. The lowest BCUT2D eigenvalue weighted by molar-refractivity contribution is -0.384. The van der Waals surface area contributed by atoms with Crippen LogP contribution in [0.5, 0.6) is 0 Å². The highest BCUT2D eigenvalue weighted by atomic mass is 16.6. The zero-order valence-electron chi connectivity index (χ0n) is 11.0. The molecular weight excluding hydrogens is 232 g/mol. The van der Waals surface area contributed by atoms with Crippen LogP contribution in [0.4, 0.5) is 11.4 Å². The molecule has 0 aromatic heterocycles. The molecular formula is C13H20N2O3. The predicted octanol–water partition coefficient (Wildman–Crippen LogP) is 2.72. The zero-order valence-corrected chi connectivity index (χ0v) is 11.0. The van der Waals surface area contributed by atoms with Crippen LogP contribution >= 0.6 is 0 Å². The highest BCUT2D eigenvalue weighted by molar-refractivity contribution is 5.62. The van der Waals surface area contributed by atoms with Crippen molar-refractivity contribution in [3.63, 3.8) is 0 Å². The van der Waals surface area contributed by atoms with E-state index in [2.05, 4.69) is 5.32 Å². The molecule has 0 amide bonds. The molecule has 0 radical (unpaired) electrons. The lowest BCUT2D eigenvalue weighted by Crippen LogP contribution is -2.21. The van der Waals surface area contributed by atoms with Gasteiger partial charge in [-0.15, -0.1) is 0 Å². The molecule has 0 aliphatic rings. The number of nitrogens with one attached hydrogen (secondary N) is 1. The van der Waals surface area contributed by atoms with Gasteiger partial charge < -0.3 is 10.4 Å². The van der Waals surface area contributed by atoms with Gasteiger partial charge in [-0.25, -0.2) is 0 Å². The second kappa shape index (κ2) is 6.35. The van der Waals surface area contributed by atoms with Crippen LogP contribution in [0.15, 0.2) is 18.2 Å². The van der Waals surface area contributed by atoms with Crippen LogP contribution < -0.4 is 5.32 Å². The van der Waals surface area contributed by atoms with Crippen LogP contribution in [-0.2, 0) is 0 Å². The molecule has 0 saturated carbocycles. The van der Waals surface area contributed by atoms with Crippen molar-refractivity contribution in [3.8, 4) is 0 Å². The van der Waals surface area contributed by atoms with Gasteiger partial charge in [-0.3, -0.25) is 10.1 Å². The fourth-order valence-electron chi connectivity index (χ4n) is 1.80. The van der Waals surface area contributed by atoms with Crippen molar-refractivity contribution in [3.05, 3.63) is 33.9 Å². The van der Waals surface area contributed by atoms with E-state index in [1.54, 1.807) is 6.07 Å². The number of aliphatic hydroxyl groups is 1. The standard InChI is InChI=1S/C13H20N2O3/c1-9(2)6-11(16)8-14-12-5-4-10(3)7-13(12)15(17)18/h4-5,7,9,11,14,16H,6,8H2,1-3H3. The topological polar surface area (TPSA) is 75.4 Å². The number of nitro groups is 1. The molecule has 5 heteroatoms. The Kier molecular flexibility index (Phi) is 5.09. The van der Waals surface area contributed by atoms with Crippen molar-refractivity contribution < 1.29 is 10.0 Å². The number of aliphatic hydroxyl groups excluding tert-OH is 1. The first-order valence-electron chi connectivity index (χ1n) is 6.07. The zero-order chi connectivity index (χ0) is 13.7. The van der Waals surface area contributed by atoms with Crippen LogP contribution in [0.1, 0.15) is 25.8 Å². The Labute approximate surface area is 107 Å². The first kappa shape index (κ1) is 14.4. The molecule has 0 spiro atoms. The summed E-state index contributed by atoms with van der Waals surface area (Å²) in [6.45, 7) is 6.18. The summed E-state index contributed by atoms with van der Waals surface area (Å²) in [5.41, 5.74) is 1.34. The van der Waals surface area contributed by atoms with E-state index in [-0.39, 0.29) is 5.69 Å². The smallest absolute Gasteiger partial charge is 0.292 e. The van der Waals surface area contributed by atoms with Gasteiger partial charge in [-0.2, -0.15) is 0 Å². The maximum absolute atomic E-state index is 10.9. The number of nitrogens with zero attached hydrogens (tertiary/aromatic N) is 1. The molecule has 5 nitrogen and oxygen atoms in total. The molecule has 0 saturated heterocycles. The van der Waals surface area contributed by atoms with E-state index in [9.17, 15) is 15.2 Å². The molecule has 0 fully saturated rings. The third kappa shape index (κ3) is 4.33. The lowest BCUT2D eigenvalue weighted by atomic mass is 10.1. The predicted molar refractivity (Wildman–Crippen MR) is 71.8 cm³/mol. The van der Waals surface area contributed by atoms with Gasteiger partial charge in [0.25, 0.3) is 5.69 Å². The first-order valence-corrected chi connectivity index (χ1v) is 6.07.